The summed E-state index contributed by atoms with van der Waals surface area (Å²) < 4.78 is 5.91. The zero-order chi connectivity index (χ0) is 12.8. The lowest BCUT2D eigenvalue weighted by atomic mass is 10.0. The van der Waals surface area contributed by atoms with E-state index in [9.17, 15) is 0 Å². The van der Waals surface area contributed by atoms with Crippen molar-refractivity contribution in [3.8, 4) is 5.75 Å². The van der Waals surface area contributed by atoms with Crippen molar-refractivity contribution in [3.05, 3.63) is 29.3 Å². The Labute approximate surface area is 105 Å². The SMILES string of the molecule is CCCC(C)COc1cc(C)ccc1[C@H](C)N. The molecule has 0 aliphatic rings. The van der Waals surface area contributed by atoms with E-state index in [1.165, 1.54) is 18.4 Å². The molecule has 1 unspecified atom stereocenters. The fourth-order valence-electron chi connectivity index (χ4n) is 1.95. The van der Waals surface area contributed by atoms with Crippen molar-refractivity contribution in [2.24, 2.45) is 11.7 Å². The molecule has 2 N–H and O–H groups in total. The predicted molar refractivity (Wildman–Crippen MR) is 73.3 cm³/mol. The Hall–Kier alpha value is -1.02. The van der Waals surface area contributed by atoms with E-state index in [1.54, 1.807) is 0 Å². The van der Waals surface area contributed by atoms with E-state index in [-0.39, 0.29) is 6.04 Å². The summed E-state index contributed by atoms with van der Waals surface area (Å²) in [6.45, 7) is 9.28. The van der Waals surface area contributed by atoms with Gasteiger partial charge in [0.1, 0.15) is 5.75 Å². The van der Waals surface area contributed by atoms with E-state index in [0.29, 0.717) is 5.92 Å². The third-order valence-electron chi connectivity index (χ3n) is 2.96. The van der Waals surface area contributed by atoms with Crippen LogP contribution in [0.5, 0.6) is 5.75 Å². The van der Waals surface area contributed by atoms with Crippen molar-refractivity contribution < 1.29 is 4.74 Å². The van der Waals surface area contributed by atoms with Crippen LogP contribution in [0.25, 0.3) is 0 Å². The standard InChI is InChI=1S/C15H25NO/c1-5-6-12(3)10-17-15-9-11(2)7-8-14(15)13(4)16/h7-9,12-13H,5-6,10,16H2,1-4H3/t12?,13-/m0/s1. The first-order valence-corrected chi connectivity index (χ1v) is 6.53. The lowest BCUT2D eigenvalue weighted by molar-refractivity contribution is 0.248. The minimum atomic E-state index is 0.0204. The number of hydrogen-bond donors (Lipinski definition) is 1. The second kappa shape index (κ2) is 6.65. The predicted octanol–water partition coefficient (Wildman–Crippen LogP) is 3.83. The topological polar surface area (TPSA) is 35.2 Å². The molecule has 1 aromatic rings. The van der Waals surface area contributed by atoms with Crippen molar-refractivity contribution in [2.45, 2.75) is 46.6 Å². The van der Waals surface area contributed by atoms with Gasteiger partial charge in [0.05, 0.1) is 6.61 Å². The van der Waals surface area contributed by atoms with Crippen LogP contribution in [-0.2, 0) is 0 Å². The fourth-order valence-corrected chi connectivity index (χ4v) is 1.95. The maximum atomic E-state index is 5.95. The molecule has 0 spiro atoms. The summed E-state index contributed by atoms with van der Waals surface area (Å²) in [5.41, 5.74) is 8.26. The number of rotatable bonds is 6. The fraction of sp³-hybridized carbons (Fsp3) is 0.600. The van der Waals surface area contributed by atoms with Gasteiger partial charge >= 0.3 is 0 Å². The molecule has 2 atom stereocenters. The Morgan fingerprint density at radius 3 is 2.59 bits per heavy atom. The smallest absolute Gasteiger partial charge is 0.124 e. The Bertz CT molecular complexity index is 347. The molecule has 0 fully saturated rings. The molecule has 0 aromatic heterocycles. The molecule has 0 saturated carbocycles. The zero-order valence-corrected chi connectivity index (χ0v) is 11.5. The molecule has 1 aromatic carbocycles. The van der Waals surface area contributed by atoms with E-state index in [0.717, 1.165) is 17.9 Å². The van der Waals surface area contributed by atoms with Gasteiger partial charge in [0.15, 0.2) is 0 Å². The lowest BCUT2D eigenvalue weighted by Crippen LogP contribution is -2.12. The Kier molecular flexibility index (Phi) is 5.49. The first-order valence-electron chi connectivity index (χ1n) is 6.53. The van der Waals surface area contributed by atoms with Gasteiger partial charge < -0.3 is 10.5 Å². The Morgan fingerprint density at radius 1 is 1.29 bits per heavy atom. The van der Waals surface area contributed by atoms with Crippen molar-refractivity contribution in [2.75, 3.05) is 6.61 Å². The Balaban J connectivity index is 2.71. The minimum Gasteiger partial charge on any atom is -0.493 e. The second-order valence-electron chi connectivity index (χ2n) is 5.03. The van der Waals surface area contributed by atoms with E-state index in [1.807, 2.05) is 6.92 Å². The van der Waals surface area contributed by atoms with E-state index < -0.39 is 0 Å². The van der Waals surface area contributed by atoms with Gasteiger partial charge in [-0.05, 0) is 37.8 Å². The molecule has 0 aliphatic carbocycles. The number of benzene rings is 1. The molecular formula is C15H25NO. The summed E-state index contributed by atoms with van der Waals surface area (Å²) in [4.78, 5) is 0. The molecule has 2 nitrogen and oxygen atoms in total. The van der Waals surface area contributed by atoms with Crippen molar-refractivity contribution in [1.29, 1.82) is 0 Å². The molecule has 1 rings (SSSR count). The molecule has 0 amide bonds. The first kappa shape index (κ1) is 14.0. The number of ether oxygens (including phenoxy) is 1. The largest absolute Gasteiger partial charge is 0.493 e. The quantitative estimate of drug-likeness (QED) is 0.813. The van der Waals surface area contributed by atoms with Crippen molar-refractivity contribution >= 4 is 0 Å². The van der Waals surface area contributed by atoms with Gasteiger partial charge in [-0.15, -0.1) is 0 Å². The zero-order valence-electron chi connectivity index (χ0n) is 11.5. The van der Waals surface area contributed by atoms with Crippen LogP contribution >= 0.6 is 0 Å². The van der Waals surface area contributed by atoms with E-state index in [2.05, 4.69) is 39.0 Å². The van der Waals surface area contributed by atoms with Crippen molar-refractivity contribution in [1.82, 2.24) is 0 Å². The van der Waals surface area contributed by atoms with Gasteiger partial charge in [0.25, 0.3) is 0 Å². The summed E-state index contributed by atoms with van der Waals surface area (Å²) in [5, 5.41) is 0. The summed E-state index contributed by atoms with van der Waals surface area (Å²) in [6, 6.07) is 6.25. The summed E-state index contributed by atoms with van der Waals surface area (Å²) >= 11 is 0. The normalized spacial score (nSPS) is 14.4. The van der Waals surface area contributed by atoms with E-state index in [4.69, 9.17) is 10.5 Å². The molecule has 0 aliphatic heterocycles. The third kappa shape index (κ3) is 4.39. The minimum absolute atomic E-state index is 0.0204. The molecule has 2 heteroatoms. The summed E-state index contributed by atoms with van der Waals surface area (Å²) in [5.74, 6) is 1.55. The molecule has 17 heavy (non-hydrogen) atoms. The Morgan fingerprint density at radius 2 is 2.00 bits per heavy atom. The van der Waals surface area contributed by atoms with Crippen LogP contribution in [0.2, 0.25) is 0 Å². The van der Waals surface area contributed by atoms with Crippen LogP contribution in [0.3, 0.4) is 0 Å². The summed E-state index contributed by atoms with van der Waals surface area (Å²) in [6.07, 6.45) is 2.41. The molecular weight excluding hydrogens is 210 g/mol. The number of nitrogens with two attached hydrogens (primary N) is 1. The van der Waals surface area contributed by atoms with Gasteiger partial charge in [0.2, 0.25) is 0 Å². The van der Waals surface area contributed by atoms with Gasteiger partial charge in [-0.2, -0.15) is 0 Å². The van der Waals surface area contributed by atoms with Crippen LogP contribution in [0, 0.1) is 12.8 Å². The maximum absolute atomic E-state index is 5.95. The van der Waals surface area contributed by atoms with Gasteiger partial charge in [0, 0.05) is 11.6 Å². The van der Waals surface area contributed by atoms with E-state index >= 15 is 0 Å². The highest BCUT2D eigenvalue weighted by Crippen LogP contribution is 2.25. The highest BCUT2D eigenvalue weighted by molar-refractivity contribution is 5.38. The van der Waals surface area contributed by atoms with Gasteiger partial charge in [-0.1, -0.05) is 32.4 Å². The molecule has 0 heterocycles. The highest BCUT2D eigenvalue weighted by Gasteiger charge is 2.09. The second-order valence-corrected chi connectivity index (χ2v) is 5.03. The average Bonchev–Trinajstić information content (AvgIpc) is 2.26. The highest BCUT2D eigenvalue weighted by atomic mass is 16.5. The molecule has 0 saturated heterocycles. The monoisotopic (exact) mass is 235 g/mol. The van der Waals surface area contributed by atoms with Crippen LogP contribution in [-0.4, -0.2) is 6.61 Å². The lowest BCUT2D eigenvalue weighted by Gasteiger charge is -2.17. The first-order chi connectivity index (χ1) is 8.04. The number of aryl methyl sites for hydroxylation is 1. The molecule has 96 valence electrons. The summed E-state index contributed by atoms with van der Waals surface area (Å²) in [7, 11) is 0. The molecule has 0 bridgehead atoms. The van der Waals surface area contributed by atoms with Crippen LogP contribution < -0.4 is 10.5 Å². The van der Waals surface area contributed by atoms with Crippen molar-refractivity contribution in [3.63, 3.8) is 0 Å². The molecule has 0 radical (unpaired) electrons. The van der Waals surface area contributed by atoms with Gasteiger partial charge in [-0.3, -0.25) is 0 Å². The average molecular weight is 235 g/mol. The number of hydrogen-bond acceptors (Lipinski definition) is 2. The van der Waals surface area contributed by atoms with Crippen LogP contribution in [0.1, 0.15) is 50.8 Å². The maximum Gasteiger partial charge on any atom is 0.124 e. The third-order valence-corrected chi connectivity index (χ3v) is 2.96. The van der Waals surface area contributed by atoms with Gasteiger partial charge in [-0.25, -0.2) is 0 Å². The van der Waals surface area contributed by atoms with Crippen LogP contribution in [0.15, 0.2) is 18.2 Å². The van der Waals surface area contributed by atoms with Crippen LogP contribution in [0.4, 0.5) is 0 Å².